The highest BCUT2D eigenvalue weighted by Gasteiger charge is 2.49. The Hall–Kier alpha value is -4.20. The van der Waals surface area contributed by atoms with Crippen LogP contribution in [0.4, 0.5) is 10.6 Å². The standard InChI is InChI=1S/C32H43N7O6S/c1-20-17-39-26(34-28(20)38-15-13-23(18-38)33-30(42)45-31(3,4)5)16-25(36-39)21(2)37(6)29(41)32(35-27(40)19-46(7,43)44)14-12-22-10-8-9-11-24(22)32/h8-11,16-17,21,23H,12-15,18-19H2,1-7H3,(H,33,42)(H,35,40)/t21-,23-,32?/m0/s1. The van der Waals surface area contributed by atoms with Crippen LogP contribution in [0.3, 0.4) is 0 Å². The highest BCUT2D eigenvalue weighted by atomic mass is 32.2. The van der Waals surface area contributed by atoms with E-state index in [9.17, 15) is 22.8 Å². The van der Waals surface area contributed by atoms with E-state index in [1.54, 1.807) is 16.5 Å². The van der Waals surface area contributed by atoms with Crippen molar-refractivity contribution in [3.63, 3.8) is 0 Å². The van der Waals surface area contributed by atoms with Gasteiger partial charge in [-0.25, -0.2) is 22.7 Å². The number of benzene rings is 1. The summed E-state index contributed by atoms with van der Waals surface area (Å²) in [6.45, 7) is 10.6. The van der Waals surface area contributed by atoms with Gasteiger partial charge >= 0.3 is 6.09 Å². The number of amides is 3. The SMILES string of the molecule is Cc1cn2nc([C@H](C)N(C)C(=O)C3(NC(=O)CS(C)(=O)=O)CCc4ccccc43)cc2nc1N1CC[C@H](NC(=O)OC(C)(C)C)C1. The number of aryl methyl sites for hydroxylation is 2. The molecule has 1 unspecified atom stereocenters. The van der Waals surface area contributed by atoms with Gasteiger partial charge in [0.2, 0.25) is 5.91 Å². The van der Waals surface area contributed by atoms with Gasteiger partial charge < -0.3 is 25.2 Å². The normalized spacial score (nSPS) is 20.3. The molecule has 0 spiro atoms. The summed E-state index contributed by atoms with van der Waals surface area (Å²) in [6.07, 6.45) is 4.08. The van der Waals surface area contributed by atoms with Crippen molar-refractivity contribution < 1.29 is 27.5 Å². The minimum absolute atomic E-state index is 0.0709. The molecule has 1 fully saturated rings. The van der Waals surface area contributed by atoms with E-state index in [4.69, 9.17) is 14.8 Å². The molecule has 0 radical (unpaired) electrons. The summed E-state index contributed by atoms with van der Waals surface area (Å²) in [5.41, 5.74) is 1.75. The number of aromatic nitrogens is 3. The van der Waals surface area contributed by atoms with Gasteiger partial charge in [0.25, 0.3) is 5.91 Å². The van der Waals surface area contributed by atoms with Gasteiger partial charge in [0.1, 0.15) is 22.7 Å². The Labute approximate surface area is 269 Å². The molecule has 14 heteroatoms. The maximum Gasteiger partial charge on any atom is 0.407 e. The molecule has 1 aliphatic carbocycles. The molecule has 0 bridgehead atoms. The number of alkyl carbamates (subject to hydrolysis) is 1. The second kappa shape index (κ2) is 12.2. The van der Waals surface area contributed by atoms with Gasteiger partial charge in [-0.1, -0.05) is 24.3 Å². The van der Waals surface area contributed by atoms with Crippen LogP contribution in [-0.4, -0.2) is 89.6 Å². The van der Waals surface area contributed by atoms with E-state index in [1.165, 1.54) is 0 Å². The lowest BCUT2D eigenvalue weighted by Gasteiger charge is -2.36. The van der Waals surface area contributed by atoms with Crippen molar-refractivity contribution in [3.05, 3.63) is 58.9 Å². The molecule has 1 saturated heterocycles. The number of nitrogens with zero attached hydrogens (tertiary/aromatic N) is 5. The Balaban J connectivity index is 1.36. The first kappa shape index (κ1) is 33.2. The first-order valence-corrected chi connectivity index (χ1v) is 17.5. The summed E-state index contributed by atoms with van der Waals surface area (Å²) in [4.78, 5) is 48.1. The molecule has 3 aromatic rings. The number of ether oxygens (including phenoxy) is 1. The summed E-state index contributed by atoms with van der Waals surface area (Å²) >= 11 is 0. The number of carbonyl (C=O) groups excluding carboxylic acids is 3. The first-order valence-electron chi connectivity index (χ1n) is 15.4. The van der Waals surface area contributed by atoms with Crippen molar-refractivity contribution in [1.29, 1.82) is 0 Å². The molecule has 46 heavy (non-hydrogen) atoms. The Morgan fingerprint density at radius 1 is 1.22 bits per heavy atom. The molecule has 1 aliphatic heterocycles. The summed E-state index contributed by atoms with van der Waals surface area (Å²) in [5, 5.41) is 10.5. The molecular weight excluding hydrogens is 610 g/mol. The monoisotopic (exact) mass is 653 g/mol. The van der Waals surface area contributed by atoms with Crippen molar-refractivity contribution in [2.24, 2.45) is 0 Å². The van der Waals surface area contributed by atoms with Crippen molar-refractivity contribution in [2.45, 2.75) is 77.1 Å². The highest BCUT2D eigenvalue weighted by Crippen LogP contribution is 2.40. The molecular formula is C32H43N7O6S. The molecule has 248 valence electrons. The van der Waals surface area contributed by atoms with Crippen LogP contribution in [0.5, 0.6) is 0 Å². The average Bonchev–Trinajstić information content (AvgIpc) is 3.67. The minimum atomic E-state index is -3.60. The third-order valence-electron chi connectivity index (χ3n) is 8.52. The average molecular weight is 654 g/mol. The largest absolute Gasteiger partial charge is 0.444 e. The number of hydrogen-bond donors (Lipinski definition) is 2. The van der Waals surface area contributed by atoms with Crippen LogP contribution < -0.4 is 15.5 Å². The lowest BCUT2D eigenvalue weighted by molar-refractivity contribution is -0.142. The van der Waals surface area contributed by atoms with Gasteiger partial charge in [-0.05, 0) is 65.0 Å². The Morgan fingerprint density at radius 3 is 2.63 bits per heavy atom. The van der Waals surface area contributed by atoms with E-state index < -0.39 is 44.8 Å². The zero-order valence-electron chi connectivity index (χ0n) is 27.5. The second-order valence-corrected chi connectivity index (χ2v) is 15.6. The molecule has 3 atom stereocenters. The lowest BCUT2D eigenvalue weighted by atomic mass is 9.89. The van der Waals surface area contributed by atoms with E-state index in [-0.39, 0.29) is 11.9 Å². The summed E-state index contributed by atoms with van der Waals surface area (Å²) in [6, 6.07) is 8.68. The van der Waals surface area contributed by atoms with Gasteiger partial charge in [-0.2, -0.15) is 5.10 Å². The van der Waals surface area contributed by atoms with Crippen LogP contribution >= 0.6 is 0 Å². The smallest absolute Gasteiger partial charge is 0.407 e. The first-order chi connectivity index (χ1) is 21.5. The van der Waals surface area contributed by atoms with Crippen molar-refractivity contribution in [3.8, 4) is 0 Å². The predicted octanol–water partition coefficient (Wildman–Crippen LogP) is 2.66. The van der Waals surface area contributed by atoms with Gasteiger partial charge in [-0.3, -0.25) is 9.59 Å². The van der Waals surface area contributed by atoms with Crippen LogP contribution in [0.25, 0.3) is 5.65 Å². The van der Waals surface area contributed by atoms with Crippen molar-refractivity contribution in [1.82, 2.24) is 30.1 Å². The number of hydrogen-bond acceptors (Lipinski definition) is 9. The van der Waals surface area contributed by atoms with Crippen LogP contribution in [0.2, 0.25) is 0 Å². The van der Waals surface area contributed by atoms with Gasteiger partial charge in [0, 0.05) is 44.2 Å². The fraction of sp³-hybridized carbons (Fsp3) is 0.531. The minimum Gasteiger partial charge on any atom is -0.444 e. The molecule has 3 amide bonds. The number of anilines is 1. The van der Waals surface area contributed by atoms with E-state index in [0.717, 1.165) is 29.6 Å². The molecule has 2 aromatic heterocycles. The van der Waals surface area contributed by atoms with Crippen LogP contribution in [0.1, 0.15) is 69.0 Å². The Kier molecular flexibility index (Phi) is 8.79. The molecule has 13 nitrogen and oxygen atoms in total. The summed E-state index contributed by atoms with van der Waals surface area (Å²) in [7, 11) is -1.94. The molecule has 2 N–H and O–H groups in total. The molecule has 1 aromatic carbocycles. The van der Waals surface area contributed by atoms with Crippen LogP contribution in [0, 0.1) is 6.92 Å². The summed E-state index contributed by atoms with van der Waals surface area (Å²) < 4.78 is 30.9. The zero-order valence-corrected chi connectivity index (χ0v) is 28.3. The van der Waals surface area contributed by atoms with E-state index in [0.29, 0.717) is 42.8 Å². The quantitative estimate of drug-likeness (QED) is 0.373. The van der Waals surface area contributed by atoms with Crippen LogP contribution in [-0.2, 0) is 36.1 Å². The van der Waals surface area contributed by atoms with E-state index in [2.05, 4.69) is 15.5 Å². The number of fused-ring (bicyclic) bond motifs is 2. The van der Waals surface area contributed by atoms with Gasteiger partial charge in [-0.15, -0.1) is 0 Å². The summed E-state index contributed by atoms with van der Waals surface area (Å²) in [5.74, 6) is -0.995. The maximum atomic E-state index is 14.3. The van der Waals surface area contributed by atoms with E-state index in [1.807, 2.05) is 71.1 Å². The number of carbonyl (C=O) groups is 3. The Bertz CT molecular complexity index is 1780. The number of nitrogens with one attached hydrogen (secondary N) is 2. The topological polar surface area (TPSA) is 155 Å². The predicted molar refractivity (Wildman–Crippen MR) is 173 cm³/mol. The number of likely N-dealkylation sites (N-methyl/N-ethyl adjacent to an activating group) is 1. The molecule has 2 aliphatic rings. The third kappa shape index (κ3) is 6.96. The number of rotatable bonds is 8. The van der Waals surface area contributed by atoms with Gasteiger partial charge in [0.05, 0.1) is 17.8 Å². The zero-order chi connectivity index (χ0) is 33.6. The van der Waals surface area contributed by atoms with Crippen molar-refractivity contribution >= 4 is 39.2 Å². The molecule has 3 heterocycles. The van der Waals surface area contributed by atoms with Crippen LogP contribution in [0.15, 0.2) is 36.5 Å². The fourth-order valence-corrected chi connectivity index (χ4v) is 6.84. The van der Waals surface area contributed by atoms with Gasteiger partial charge in [0.15, 0.2) is 15.5 Å². The highest BCUT2D eigenvalue weighted by molar-refractivity contribution is 7.91. The lowest BCUT2D eigenvalue weighted by Crippen LogP contribution is -2.56. The fourth-order valence-electron chi connectivity index (χ4n) is 6.29. The maximum absolute atomic E-state index is 14.3. The molecule has 5 rings (SSSR count). The third-order valence-corrected chi connectivity index (χ3v) is 9.31. The second-order valence-electron chi connectivity index (χ2n) is 13.5. The van der Waals surface area contributed by atoms with E-state index >= 15 is 0 Å². The van der Waals surface area contributed by atoms with Crippen molar-refractivity contribution in [2.75, 3.05) is 37.0 Å². The number of sulfone groups is 1. The molecule has 0 saturated carbocycles. The Morgan fingerprint density at radius 2 is 1.93 bits per heavy atom.